The fourth-order valence-electron chi connectivity index (χ4n) is 1.77. The maximum absolute atomic E-state index is 5.53. The molecule has 1 saturated heterocycles. The van der Waals surface area contributed by atoms with Crippen LogP contribution in [-0.2, 0) is 9.47 Å². The molecular weight excluding hydrogens is 192 g/mol. The molecule has 1 heterocycles. The zero-order chi connectivity index (χ0) is 11.1. The summed E-state index contributed by atoms with van der Waals surface area (Å²) < 4.78 is 11.1. The molecule has 0 N–H and O–H groups in total. The molecule has 90 valence electrons. The van der Waals surface area contributed by atoms with Crippen LogP contribution in [0.2, 0.25) is 0 Å². The second-order valence-corrected chi connectivity index (χ2v) is 3.94. The van der Waals surface area contributed by atoms with E-state index in [1.165, 1.54) is 0 Å². The van der Waals surface area contributed by atoms with Crippen LogP contribution in [0.1, 0.15) is 13.8 Å². The number of nitrogens with zero attached hydrogens (tertiary/aromatic N) is 2. The Hall–Kier alpha value is -0.160. The number of hydrogen-bond donors (Lipinski definition) is 0. The van der Waals surface area contributed by atoms with Gasteiger partial charge in [0.05, 0.1) is 0 Å². The van der Waals surface area contributed by atoms with Crippen molar-refractivity contribution in [2.24, 2.45) is 0 Å². The van der Waals surface area contributed by atoms with E-state index in [-0.39, 0.29) is 6.29 Å². The van der Waals surface area contributed by atoms with Gasteiger partial charge in [-0.2, -0.15) is 0 Å². The summed E-state index contributed by atoms with van der Waals surface area (Å²) in [7, 11) is 2.17. The Balaban J connectivity index is 2.24. The topological polar surface area (TPSA) is 24.9 Å². The number of piperazine rings is 1. The summed E-state index contributed by atoms with van der Waals surface area (Å²) in [5, 5.41) is 0. The van der Waals surface area contributed by atoms with E-state index in [0.717, 1.165) is 45.9 Å². The lowest BCUT2D eigenvalue weighted by Gasteiger charge is -2.34. The minimum atomic E-state index is -0.0524. The predicted molar refractivity (Wildman–Crippen MR) is 61.0 cm³/mol. The highest BCUT2D eigenvalue weighted by Crippen LogP contribution is 2.04. The monoisotopic (exact) mass is 216 g/mol. The largest absolute Gasteiger partial charge is 0.352 e. The molecule has 4 heteroatoms. The molecular formula is C11H24N2O2. The summed E-state index contributed by atoms with van der Waals surface area (Å²) in [4.78, 5) is 4.77. The van der Waals surface area contributed by atoms with Crippen molar-refractivity contribution in [2.75, 3.05) is 53.0 Å². The molecule has 0 aliphatic carbocycles. The van der Waals surface area contributed by atoms with E-state index in [4.69, 9.17) is 9.47 Å². The standard InChI is InChI=1S/C11H24N2O2/c1-4-14-11(15-5-2)10-13-8-6-12(3)7-9-13/h11H,4-10H2,1-3H3. The maximum atomic E-state index is 5.53. The fourth-order valence-corrected chi connectivity index (χ4v) is 1.77. The van der Waals surface area contributed by atoms with Gasteiger partial charge in [-0.05, 0) is 20.9 Å². The summed E-state index contributed by atoms with van der Waals surface area (Å²) in [5.41, 5.74) is 0. The molecule has 0 aromatic heterocycles. The van der Waals surface area contributed by atoms with Gasteiger partial charge in [0.1, 0.15) is 0 Å². The van der Waals surface area contributed by atoms with Crippen LogP contribution in [0, 0.1) is 0 Å². The Labute approximate surface area is 93.1 Å². The van der Waals surface area contributed by atoms with Crippen molar-refractivity contribution in [3.8, 4) is 0 Å². The summed E-state index contributed by atoms with van der Waals surface area (Å²) in [6, 6.07) is 0. The zero-order valence-electron chi connectivity index (χ0n) is 10.2. The van der Waals surface area contributed by atoms with Crippen LogP contribution in [0.3, 0.4) is 0 Å². The first-order valence-electron chi connectivity index (χ1n) is 5.90. The molecule has 1 aliphatic heterocycles. The lowest BCUT2D eigenvalue weighted by Crippen LogP contribution is -2.47. The normalized spacial score (nSPS) is 20.0. The highest BCUT2D eigenvalue weighted by Gasteiger charge is 2.18. The molecule has 1 rings (SSSR count). The summed E-state index contributed by atoms with van der Waals surface area (Å²) in [5.74, 6) is 0. The Morgan fingerprint density at radius 1 is 1.00 bits per heavy atom. The molecule has 0 saturated carbocycles. The Bertz CT molecular complexity index is 153. The average molecular weight is 216 g/mol. The number of rotatable bonds is 6. The molecule has 0 radical (unpaired) electrons. The summed E-state index contributed by atoms with van der Waals surface area (Å²) >= 11 is 0. The second kappa shape index (κ2) is 7.17. The van der Waals surface area contributed by atoms with Crippen LogP contribution in [0.25, 0.3) is 0 Å². The van der Waals surface area contributed by atoms with Crippen molar-refractivity contribution in [3.05, 3.63) is 0 Å². The average Bonchev–Trinajstić information content (AvgIpc) is 2.22. The third kappa shape index (κ3) is 4.93. The molecule has 0 atom stereocenters. The van der Waals surface area contributed by atoms with Crippen LogP contribution in [-0.4, -0.2) is 69.1 Å². The van der Waals surface area contributed by atoms with Gasteiger partial charge in [-0.25, -0.2) is 0 Å². The van der Waals surface area contributed by atoms with Gasteiger partial charge in [-0.3, -0.25) is 4.90 Å². The van der Waals surface area contributed by atoms with Crippen molar-refractivity contribution in [1.29, 1.82) is 0 Å². The van der Waals surface area contributed by atoms with Gasteiger partial charge in [0.25, 0.3) is 0 Å². The third-order valence-corrected chi connectivity index (χ3v) is 2.71. The molecule has 15 heavy (non-hydrogen) atoms. The lowest BCUT2D eigenvalue weighted by atomic mass is 10.3. The SMILES string of the molecule is CCOC(CN1CCN(C)CC1)OCC. The Morgan fingerprint density at radius 3 is 2.00 bits per heavy atom. The minimum absolute atomic E-state index is 0.0524. The van der Waals surface area contributed by atoms with E-state index in [2.05, 4.69) is 16.8 Å². The molecule has 0 bridgehead atoms. The molecule has 1 fully saturated rings. The van der Waals surface area contributed by atoms with Crippen LogP contribution in [0.4, 0.5) is 0 Å². The van der Waals surface area contributed by atoms with Crippen molar-refractivity contribution >= 4 is 0 Å². The van der Waals surface area contributed by atoms with E-state index in [9.17, 15) is 0 Å². The van der Waals surface area contributed by atoms with Gasteiger partial charge in [-0.15, -0.1) is 0 Å². The highest BCUT2D eigenvalue weighted by atomic mass is 16.7. The van der Waals surface area contributed by atoms with E-state index in [0.29, 0.717) is 0 Å². The molecule has 1 aliphatic rings. The minimum Gasteiger partial charge on any atom is -0.352 e. The summed E-state index contributed by atoms with van der Waals surface area (Å²) in [6.45, 7) is 10.9. The quantitative estimate of drug-likeness (QED) is 0.608. The molecule has 0 aromatic carbocycles. The van der Waals surface area contributed by atoms with E-state index in [1.54, 1.807) is 0 Å². The van der Waals surface area contributed by atoms with Gasteiger partial charge >= 0.3 is 0 Å². The van der Waals surface area contributed by atoms with Gasteiger partial charge in [0, 0.05) is 45.9 Å². The Morgan fingerprint density at radius 2 is 1.53 bits per heavy atom. The van der Waals surface area contributed by atoms with Gasteiger partial charge in [0.15, 0.2) is 6.29 Å². The van der Waals surface area contributed by atoms with E-state index < -0.39 is 0 Å². The zero-order valence-corrected chi connectivity index (χ0v) is 10.2. The second-order valence-electron chi connectivity index (χ2n) is 3.94. The number of hydrogen-bond acceptors (Lipinski definition) is 4. The number of likely N-dealkylation sites (N-methyl/N-ethyl adjacent to an activating group) is 1. The van der Waals surface area contributed by atoms with Crippen LogP contribution in [0.5, 0.6) is 0 Å². The van der Waals surface area contributed by atoms with Crippen LogP contribution < -0.4 is 0 Å². The van der Waals surface area contributed by atoms with Gasteiger partial charge < -0.3 is 14.4 Å². The van der Waals surface area contributed by atoms with E-state index in [1.807, 2.05) is 13.8 Å². The Kier molecular flexibility index (Phi) is 6.17. The fraction of sp³-hybridized carbons (Fsp3) is 1.00. The van der Waals surface area contributed by atoms with Crippen molar-refractivity contribution in [1.82, 2.24) is 9.80 Å². The predicted octanol–water partition coefficient (Wildman–Crippen LogP) is 0.633. The maximum Gasteiger partial charge on any atom is 0.170 e. The van der Waals surface area contributed by atoms with Gasteiger partial charge in [0.2, 0.25) is 0 Å². The first-order valence-corrected chi connectivity index (χ1v) is 5.90. The lowest BCUT2D eigenvalue weighted by molar-refractivity contribution is -0.149. The van der Waals surface area contributed by atoms with Crippen LogP contribution in [0.15, 0.2) is 0 Å². The smallest absolute Gasteiger partial charge is 0.170 e. The third-order valence-electron chi connectivity index (χ3n) is 2.71. The first-order chi connectivity index (χ1) is 7.26. The molecule has 0 aromatic rings. The van der Waals surface area contributed by atoms with Crippen LogP contribution >= 0.6 is 0 Å². The summed E-state index contributed by atoms with van der Waals surface area (Å²) in [6.07, 6.45) is -0.0524. The van der Waals surface area contributed by atoms with Crippen molar-refractivity contribution in [2.45, 2.75) is 20.1 Å². The highest BCUT2D eigenvalue weighted by molar-refractivity contribution is 4.70. The van der Waals surface area contributed by atoms with Gasteiger partial charge in [-0.1, -0.05) is 0 Å². The van der Waals surface area contributed by atoms with Crippen molar-refractivity contribution < 1.29 is 9.47 Å². The molecule has 0 unspecified atom stereocenters. The van der Waals surface area contributed by atoms with E-state index >= 15 is 0 Å². The molecule has 0 spiro atoms. The van der Waals surface area contributed by atoms with Crippen molar-refractivity contribution in [3.63, 3.8) is 0 Å². The first kappa shape index (κ1) is 12.9. The molecule has 4 nitrogen and oxygen atoms in total. The number of ether oxygens (including phenoxy) is 2. The molecule has 0 amide bonds.